The van der Waals surface area contributed by atoms with E-state index in [1.165, 1.54) is 0 Å². The number of aliphatic hydroxyl groups is 1. The number of ether oxygens (including phenoxy) is 2. The Hall–Kier alpha value is -0.770. The second-order valence-corrected chi connectivity index (χ2v) is 6.57. The summed E-state index contributed by atoms with van der Waals surface area (Å²) in [6.07, 6.45) is 2.01. The smallest absolute Gasteiger partial charge is 0.191 e. The lowest BCUT2D eigenvalue weighted by Crippen LogP contribution is -2.43. The molecule has 0 unspecified atom stereocenters. The van der Waals surface area contributed by atoms with Gasteiger partial charge in [-0.1, -0.05) is 17.7 Å². The molecule has 3 N–H and O–H groups in total. The summed E-state index contributed by atoms with van der Waals surface area (Å²) in [7, 11) is 1.62. The van der Waals surface area contributed by atoms with Gasteiger partial charge in [0, 0.05) is 44.2 Å². The zero-order valence-corrected chi connectivity index (χ0v) is 18.5. The van der Waals surface area contributed by atoms with Gasteiger partial charge < -0.3 is 25.2 Å². The Balaban J connectivity index is 0.00000338. The molecule has 0 atom stereocenters. The van der Waals surface area contributed by atoms with Crippen LogP contribution in [0.25, 0.3) is 0 Å². The van der Waals surface area contributed by atoms with Gasteiger partial charge in [-0.05, 0) is 31.0 Å². The van der Waals surface area contributed by atoms with Crippen LogP contribution in [-0.2, 0) is 11.2 Å². The Labute approximate surface area is 177 Å². The van der Waals surface area contributed by atoms with Gasteiger partial charge in [0.05, 0.1) is 19.3 Å². The van der Waals surface area contributed by atoms with E-state index < -0.39 is 5.60 Å². The molecule has 6 nitrogen and oxygen atoms in total. The summed E-state index contributed by atoms with van der Waals surface area (Å²) in [6, 6.07) is 5.69. The molecule has 0 aliphatic carbocycles. The lowest BCUT2D eigenvalue weighted by Gasteiger charge is -2.30. The highest BCUT2D eigenvalue weighted by atomic mass is 127. The van der Waals surface area contributed by atoms with Gasteiger partial charge in [-0.25, -0.2) is 0 Å². The van der Waals surface area contributed by atoms with E-state index in [4.69, 9.17) is 21.1 Å². The first kappa shape index (κ1) is 23.3. The third-order valence-corrected chi connectivity index (χ3v) is 4.60. The van der Waals surface area contributed by atoms with Crippen LogP contribution < -0.4 is 15.4 Å². The van der Waals surface area contributed by atoms with Gasteiger partial charge in [-0.15, -0.1) is 24.0 Å². The van der Waals surface area contributed by atoms with E-state index >= 15 is 0 Å². The standard InChI is InChI=1S/C18H28ClN3O3.HI/c1-3-20-17(22-13-18(23)7-10-25-11-8-18)21-9-6-14-4-5-15(24-2)12-16(14)19;/h4-5,12,23H,3,6-11,13H2,1-2H3,(H2,20,21,22);1H. The Morgan fingerprint density at radius 2 is 2.08 bits per heavy atom. The van der Waals surface area contributed by atoms with Crippen LogP contribution in [0.2, 0.25) is 5.02 Å². The van der Waals surface area contributed by atoms with Crippen LogP contribution in [0, 0.1) is 0 Å². The van der Waals surface area contributed by atoms with Gasteiger partial charge in [0.15, 0.2) is 5.96 Å². The number of halogens is 2. The predicted octanol–water partition coefficient (Wildman–Crippen LogP) is 2.61. The fraction of sp³-hybridized carbons (Fsp3) is 0.611. The van der Waals surface area contributed by atoms with E-state index in [1.807, 2.05) is 25.1 Å². The first-order chi connectivity index (χ1) is 12.1. The molecule has 1 saturated heterocycles. The largest absolute Gasteiger partial charge is 0.497 e. The number of hydrogen-bond donors (Lipinski definition) is 3. The molecule has 1 aromatic rings. The van der Waals surface area contributed by atoms with E-state index in [2.05, 4.69) is 15.6 Å². The zero-order valence-electron chi connectivity index (χ0n) is 15.4. The SMILES string of the molecule is CCNC(=NCC1(O)CCOCC1)NCCc1ccc(OC)cc1Cl.I. The minimum atomic E-state index is -0.764. The number of hydrogen-bond acceptors (Lipinski definition) is 4. The summed E-state index contributed by atoms with van der Waals surface area (Å²) in [4.78, 5) is 4.53. The number of aliphatic imine (C=N–C) groups is 1. The van der Waals surface area contributed by atoms with Crippen molar-refractivity contribution >= 4 is 41.5 Å². The Kier molecular flexibility index (Phi) is 10.6. The van der Waals surface area contributed by atoms with Gasteiger partial charge >= 0.3 is 0 Å². The maximum atomic E-state index is 10.5. The van der Waals surface area contributed by atoms with E-state index in [9.17, 15) is 5.11 Å². The first-order valence-corrected chi connectivity index (χ1v) is 9.09. The predicted molar refractivity (Wildman–Crippen MR) is 116 cm³/mol. The summed E-state index contributed by atoms with van der Waals surface area (Å²) < 4.78 is 10.5. The third-order valence-electron chi connectivity index (χ3n) is 4.25. The monoisotopic (exact) mass is 497 g/mol. The molecule has 0 amide bonds. The summed E-state index contributed by atoms with van der Waals surface area (Å²) in [5.41, 5.74) is 0.286. The molecule has 2 rings (SSSR count). The summed E-state index contributed by atoms with van der Waals surface area (Å²) in [6.45, 7) is 5.02. The van der Waals surface area contributed by atoms with Crippen molar-refractivity contribution in [1.82, 2.24) is 10.6 Å². The van der Waals surface area contributed by atoms with Crippen LogP contribution in [-0.4, -0.2) is 56.6 Å². The van der Waals surface area contributed by atoms with Gasteiger partial charge in [0.25, 0.3) is 0 Å². The number of guanidine groups is 1. The molecule has 148 valence electrons. The summed E-state index contributed by atoms with van der Waals surface area (Å²) in [5.74, 6) is 1.45. The van der Waals surface area contributed by atoms with Gasteiger partial charge in [0.1, 0.15) is 5.75 Å². The van der Waals surface area contributed by atoms with Gasteiger partial charge in [-0.2, -0.15) is 0 Å². The molecule has 1 aliphatic rings. The number of rotatable bonds is 7. The molecule has 0 radical (unpaired) electrons. The quantitative estimate of drug-likeness (QED) is 0.307. The normalized spacial score (nSPS) is 16.5. The van der Waals surface area contributed by atoms with Gasteiger partial charge in [-0.3, -0.25) is 4.99 Å². The van der Waals surface area contributed by atoms with E-state index in [1.54, 1.807) is 7.11 Å². The molecule has 26 heavy (non-hydrogen) atoms. The molecule has 0 spiro atoms. The van der Waals surface area contributed by atoms with E-state index in [-0.39, 0.29) is 24.0 Å². The van der Waals surface area contributed by atoms with Crippen LogP contribution in [0.5, 0.6) is 5.75 Å². The maximum Gasteiger partial charge on any atom is 0.191 e. The third kappa shape index (κ3) is 7.46. The number of benzene rings is 1. The summed E-state index contributed by atoms with van der Waals surface area (Å²) >= 11 is 6.27. The average Bonchev–Trinajstić information content (AvgIpc) is 2.61. The van der Waals surface area contributed by atoms with Crippen LogP contribution in [0.4, 0.5) is 0 Å². The molecule has 0 bridgehead atoms. The zero-order chi connectivity index (χ0) is 18.1. The lowest BCUT2D eigenvalue weighted by molar-refractivity contribution is -0.0565. The highest BCUT2D eigenvalue weighted by Crippen LogP contribution is 2.22. The van der Waals surface area contributed by atoms with Crippen molar-refractivity contribution in [3.05, 3.63) is 28.8 Å². The summed E-state index contributed by atoms with van der Waals surface area (Å²) in [5, 5.41) is 17.7. The number of nitrogens with zero attached hydrogens (tertiary/aromatic N) is 1. The molecule has 1 fully saturated rings. The highest BCUT2D eigenvalue weighted by Gasteiger charge is 2.29. The highest BCUT2D eigenvalue weighted by molar-refractivity contribution is 14.0. The van der Waals surface area contributed by atoms with Crippen molar-refractivity contribution in [3.8, 4) is 5.75 Å². The Morgan fingerprint density at radius 1 is 1.35 bits per heavy atom. The van der Waals surface area contributed by atoms with Crippen molar-refractivity contribution < 1.29 is 14.6 Å². The average molecular weight is 498 g/mol. The van der Waals surface area contributed by atoms with Crippen LogP contribution in [0.1, 0.15) is 25.3 Å². The molecule has 8 heteroatoms. The Morgan fingerprint density at radius 3 is 2.69 bits per heavy atom. The minimum absolute atomic E-state index is 0. The van der Waals surface area contributed by atoms with Crippen LogP contribution >= 0.6 is 35.6 Å². The molecule has 0 aromatic heterocycles. The van der Waals surface area contributed by atoms with E-state index in [0.717, 1.165) is 24.3 Å². The maximum absolute atomic E-state index is 10.5. The number of nitrogens with one attached hydrogen (secondary N) is 2. The fourth-order valence-corrected chi connectivity index (χ4v) is 2.92. The molecule has 1 aliphatic heterocycles. The lowest BCUT2D eigenvalue weighted by atomic mass is 9.95. The molecular weight excluding hydrogens is 469 g/mol. The van der Waals surface area contributed by atoms with Crippen molar-refractivity contribution in [2.24, 2.45) is 4.99 Å². The van der Waals surface area contributed by atoms with Crippen LogP contribution in [0.15, 0.2) is 23.2 Å². The second-order valence-electron chi connectivity index (χ2n) is 6.17. The van der Waals surface area contributed by atoms with E-state index in [0.29, 0.717) is 50.1 Å². The molecule has 1 aromatic carbocycles. The second kappa shape index (κ2) is 11.8. The topological polar surface area (TPSA) is 75.1 Å². The van der Waals surface area contributed by atoms with Crippen molar-refractivity contribution in [1.29, 1.82) is 0 Å². The molecule has 0 saturated carbocycles. The fourth-order valence-electron chi connectivity index (χ4n) is 2.65. The number of methoxy groups -OCH3 is 1. The first-order valence-electron chi connectivity index (χ1n) is 8.71. The van der Waals surface area contributed by atoms with Crippen molar-refractivity contribution in [2.45, 2.75) is 31.8 Å². The van der Waals surface area contributed by atoms with Gasteiger partial charge in [0.2, 0.25) is 0 Å². The molecule has 1 heterocycles. The van der Waals surface area contributed by atoms with Crippen molar-refractivity contribution in [3.63, 3.8) is 0 Å². The van der Waals surface area contributed by atoms with Crippen LogP contribution in [0.3, 0.4) is 0 Å². The molecular formula is C18H29ClIN3O3. The minimum Gasteiger partial charge on any atom is -0.497 e. The van der Waals surface area contributed by atoms with Crippen molar-refractivity contribution in [2.75, 3.05) is 40.0 Å². The Bertz CT molecular complexity index is 581.